The summed E-state index contributed by atoms with van der Waals surface area (Å²) in [6, 6.07) is 5.60. The van der Waals surface area contributed by atoms with E-state index in [0.717, 1.165) is 42.3 Å². The van der Waals surface area contributed by atoms with E-state index in [0.29, 0.717) is 5.56 Å². The molecule has 1 saturated heterocycles. The van der Waals surface area contributed by atoms with E-state index in [4.69, 9.17) is 0 Å². The molecule has 0 bridgehead atoms. The molecule has 24 heavy (non-hydrogen) atoms. The van der Waals surface area contributed by atoms with E-state index in [1.807, 2.05) is 23.7 Å². The third-order valence-corrected chi connectivity index (χ3v) is 5.38. The van der Waals surface area contributed by atoms with Gasteiger partial charge in [0.05, 0.1) is 6.42 Å². The van der Waals surface area contributed by atoms with Crippen LogP contribution in [-0.4, -0.2) is 35.9 Å². The maximum atomic E-state index is 12.6. The highest BCUT2D eigenvalue weighted by atomic mass is 32.1. The van der Waals surface area contributed by atoms with Crippen molar-refractivity contribution in [1.29, 1.82) is 0 Å². The summed E-state index contributed by atoms with van der Waals surface area (Å²) in [6.45, 7) is 1.79. The molecular formula is C17H18N4O2S. The van der Waals surface area contributed by atoms with Gasteiger partial charge in [-0.15, -0.1) is 11.3 Å². The van der Waals surface area contributed by atoms with Crippen LogP contribution in [0.25, 0.3) is 0 Å². The van der Waals surface area contributed by atoms with Crippen LogP contribution in [0.5, 0.6) is 0 Å². The van der Waals surface area contributed by atoms with Crippen molar-refractivity contribution in [2.24, 2.45) is 0 Å². The van der Waals surface area contributed by atoms with Crippen molar-refractivity contribution in [2.75, 3.05) is 23.3 Å². The van der Waals surface area contributed by atoms with Crippen LogP contribution in [0.4, 0.5) is 10.8 Å². The number of anilines is 2. The zero-order chi connectivity index (χ0) is 16.5. The van der Waals surface area contributed by atoms with Gasteiger partial charge in [0.15, 0.2) is 5.13 Å². The minimum Gasteiger partial charge on any atom is -0.349 e. The monoisotopic (exact) mass is 342 g/mol. The maximum absolute atomic E-state index is 12.6. The molecule has 2 aliphatic rings. The molecule has 2 amide bonds. The van der Waals surface area contributed by atoms with Crippen LogP contribution in [0.3, 0.4) is 0 Å². The summed E-state index contributed by atoms with van der Waals surface area (Å²) in [5.41, 5.74) is 2.17. The van der Waals surface area contributed by atoms with Crippen LogP contribution >= 0.6 is 11.3 Å². The first-order valence-electron chi connectivity index (χ1n) is 8.08. The number of nitrogens with zero attached hydrogens (tertiary/aromatic N) is 2. The van der Waals surface area contributed by atoms with Crippen molar-refractivity contribution >= 4 is 34.0 Å². The van der Waals surface area contributed by atoms with Crippen LogP contribution in [0.2, 0.25) is 0 Å². The Bertz CT molecular complexity index is 767. The Morgan fingerprint density at radius 2 is 2.17 bits per heavy atom. The fourth-order valence-electron chi connectivity index (χ4n) is 3.31. The number of hydrogen-bond donors (Lipinski definition) is 2. The maximum Gasteiger partial charge on any atom is 0.251 e. The number of carbonyl (C=O) groups is 2. The second-order valence-corrected chi connectivity index (χ2v) is 6.98. The van der Waals surface area contributed by atoms with E-state index in [9.17, 15) is 9.59 Å². The van der Waals surface area contributed by atoms with Gasteiger partial charge in [-0.1, -0.05) is 6.07 Å². The topological polar surface area (TPSA) is 74.3 Å². The zero-order valence-electron chi connectivity index (χ0n) is 13.1. The van der Waals surface area contributed by atoms with Crippen molar-refractivity contribution in [3.8, 4) is 0 Å². The normalized spacial score (nSPS) is 17.5. The molecule has 1 aromatic carbocycles. The molecule has 0 saturated carbocycles. The molecule has 2 N–H and O–H groups in total. The number of benzene rings is 1. The van der Waals surface area contributed by atoms with Crippen LogP contribution in [-0.2, 0) is 11.2 Å². The van der Waals surface area contributed by atoms with Crippen molar-refractivity contribution < 1.29 is 9.59 Å². The Morgan fingerprint density at radius 1 is 1.33 bits per heavy atom. The molecule has 6 nitrogen and oxygen atoms in total. The van der Waals surface area contributed by atoms with E-state index in [1.165, 1.54) is 0 Å². The molecule has 2 aliphatic heterocycles. The van der Waals surface area contributed by atoms with Crippen molar-refractivity contribution in [1.82, 2.24) is 10.3 Å². The zero-order valence-corrected chi connectivity index (χ0v) is 13.9. The molecule has 0 radical (unpaired) electrons. The molecule has 0 aliphatic carbocycles. The fourth-order valence-corrected chi connectivity index (χ4v) is 4.01. The molecule has 0 atom stereocenters. The Morgan fingerprint density at radius 3 is 2.92 bits per heavy atom. The molecule has 2 aromatic rings. The van der Waals surface area contributed by atoms with Crippen molar-refractivity contribution in [3.63, 3.8) is 0 Å². The van der Waals surface area contributed by atoms with Gasteiger partial charge in [0.25, 0.3) is 5.91 Å². The average Bonchev–Trinajstić information content (AvgIpc) is 3.23. The Labute approximate surface area is 143 Å². The lowest BCUT2D eigenvalue weighted by molar-refractivity contribution is -0.115. The van der Waals surface area contributed by atoms with E-state index in [2.05, 4.69) is 20.5 Å². The summed E-state index contributed by atoms with van der Waals surface area (Å²) < 4.78 is 0. The van der Waals surface area contributed by atoms with Gasteiger partial charge in [0.1, 0.15) is 0 Å². The highest BCUT2D eigenvalue weighted by molar-refractivity contribution is 7.13. The van der Waals surface area contributed by atoms with Crippen LogP contribution < -0.4 is 15.5 Å². The molecule has 0 unspecified atom stereocenters. The Balaban J connectivity index is 1.40. The number of piperidine rings is 1. The number of fused-ring (bicyclic) bond motifs is 1. The number of nitrogens with one attached hydrogen (secondary N) is 2. The third-order valence-electron chi connectivity index (χ3n) is 4.55. The molecular weight excluding hydrogens is 324 g/mol. The first kappa shape index (κ1) is 15.1. The molecule has 1 fully saturated rings. The van der Waals surface area contributed by atoms with Gasteiger partial charge in [-0.3, -0.25) is 9.59 Å². The van der Waals surface area contributed by atoms with Gasteiger partial charge in [-0.2, -0.15) is 0 Å². The van der Waals surface area contributed by atoms with E-state index < -0.39 is 0 Å². The highest BCUT2D eigenvalue weighted by Gasteiger charge is 2.26. The first-order valence-corrected chi connectivity index (χ1v) is 8.96. The summed E-state index contributed by atoms with van der Waals surface area (Å²) in [6.07, 6.45) is 3.90. The third kappa shape index (κ3) is 2.87. The molecule has 7 heteroatoms. The van der Waals surface area contributed by atoms with Crippen LogP contribution in [0, 0.1) is 0 Å². The van der Waals surface area contributed by atoms with E-state index >= 15 is 0 Å². The molecule has 3 heterocycles. The standard InChI is InChI=1S/C17H18N4O2S/c22-15-10-13-12(2-1-3-14(13)20-15)16(23)19-11-4-7-21(8-5-11)17-18-6-9-24-17/h1-3,6,9,11H,4-5,7-8,10H2,(H,19,23)(H,20,22). The molecule has 124 valence electrons. The quantitative estimate of drug-likeness (QED) is 0.895. The predicted molar refractivity (Wildman–Crippen MR) is 93.6 cm³/mol. The van der Waals surface area contributed by atoms with Crippen LogP contribution in [0.1, 0.15) is 28.8 Å². The number of carbonyl (C=O) groups excluding carboxylic acids is 2. The average molecular weight is 342 g/mol. The largest absolute Gasteiger partial charge is 0.349 e. The van der Waals surface area contributed by atoms with Gasteiger partial charge < -0.3 is 15.5 Å². The minimum absolute atomic E-state index is 0.0537. The first-order chi connectivity index (χ1) is 11.7. The Hall–Kier alpha value is -2.41. The van der Waals surface area contributed by atoms with E-state index in [1.54, 1.807) is 17.4 Å². The summed E-state index contributed by atoms with van der Waals surface area (Å²) in [5, 5.41) is 8.94. The number of aromatic nitrogens is 1. The summed E-state index contributed by atoms with van der Waals surface area (Å²) in [5.74, 6) is -0.141. The predicted octanol–water partition coefficient (Wildman–Crippen LogP) is 2.04. The van der Waals surface area contributed by atoms with Crippen LogP contribution in [0.15, 0.2) is 29.8 Å². The lowest BCUT2D eigenvalue weighted by Crippen LogP contribution is -2.44. The van der Waals surface area contributed by atoms with Crippen molar-refractivity contribution in [2.45, 2.75) is 25.3 Å². The number of amides is 2. The fraction of sp³-hybridized carbons (Fsp3) is 0.353. The van der Waals surface area contributed by atoms with Gasteiger partial charge in [0, 0.05) is 42.0 Å². The lowest BCUT2D eigenvalue weighted by atomic mass is 10.0. The molecule has 0 spiro atoms. The molecule has 1 aromatic heterocycles. The second kappa shape index (κ2) is 6.24. The number of hydrogen-bond acceptors (Lipinski definition) is 5. The second-order valence-electron chi connectivity index (χ2n) is 6.11. The SMILES string of the molecule is O=C1Cc2c(cccc2C(=O)NC2CCN(c3nccs3)CC2)N1. The van der Waals surface area contributed by atoms with Gasteiger partial charge >= 0.3 is 0 Å². The smallest absolute Gasteiger partial charge is 0.251 e. The minimum atomic E-state index is -0.0870. The number of thiazole rings is 1. The highest BCUT2D eigenvalue weighted by Crippen LogP contribution is 2.27. The number of rotatable bonds is 3. The van der Waals surface area contributed by atoms with Crippen molar-refractivity contribution in [3.05, 3.63) is 40.9 Å². The van der Waals surface area contributed by atoms with Gasteiger partial charge in [0.2, 0.25) is 5.91 Å². The van der Waals surface area contributed by atoms with Gasteiger partial charge in [-0.05, 0) is 30.5 Å². The summed E-state index contributed by atoms with van der Waals surface area (Å²) in [7, 11) is 0. The molecule has 4 rings (SSSR count). The van der Waals surface area contributed by atoms with Gasteiger partial charge in [-0.25, -0.2) is 4.98 Å². The van der Waals surface area contributed by atoms with E-state index in [-0.39, 0.29) is 24.3 Å². The summed E-state index contributed by atoms with van der Waals surface area (Å²) in [4.78, 5) is 30.8. The lowest BCUT2D eigenvalue weighted by Gasteiger charge is -2.32. The summed E-state index contributed by atoms with van der Waals surface area (Å²) >= 11 is 1.64. The Kier molecular flexibility index (Phi) is 3.93.